The first kappa shape index (κ1) is 36.6. The van der Waals surface area contributed by atoms with Crippen LogP contribution >= 0.6 is 46.4 Å². The molecule has 12 heteroatoms. The van der Waals surface area contributed by atoms with E-state index in [1.54, 1.807) is 30.3 Å². The lowest BCUT2D eigenvalue weighted by molar-refractivity contribution is -0.140. The molecule has 2 amide bonds. The fourth-order valence-corrected chi connectivity index (χ4v) is 7.04. The van der Waals surface area contributed by atoms with Gasteiger partial charge < -0.3 is 10.2 Å². The van der Waals surface area contributed by atoms with Crippen molar-refractivity contribution >= 4 is 73.9 Å². The standard InChI is InChI=1S/C35H35Cl4N3O4S/c1-4-24(3)40-35(44)33(19-25-8-6-5-7-9-25)41(21-26-12-16-29(37)31(39)18-26)34(43)22-42(32-20-27(36)13-17-30(32)38)47(45,46)28-14-10-23(2)11-15-28/h5-18,20,24,33H,4,19,21-22H2,1-3H3,(H,40,44). The van der Waals surface area contributed by atoms with Gasteiger partial charge in [-0.05, 0) is 73.9 Å². The summed E-state index contributed by atoms with van der Waals surface area (Å²) in [4.78, 5) is 29.9. The maximum absolute atomic E-state index is 14.6. The third kappa shape index (κ3) is 9.42. The Balaban J connectivity index is 1.85. The van der Waals surface area contributed by atoms with E-state index < -0.39 is 28.5 Å². The van der Waals surface area contributed by atoms with Crippen LogP contribution in [0.5, 0.6) is 0 Å². The zero-order chi connectivity index (χ0) is 34.3. The van der Waals surface area contributed by atoms with Crippen LogP contribution in [-0.2, 0) is 32.6 Å². The minimum absolute atomic E-state index is 0.0197. The Bertz CT molecular complexity index is 1820. The SMILES string of the molecule is CCC(C)NC(=O)C(Cc1ccccc1)N(Cc1ccc(Cl)c(Cl)c1)C(=O)CN(c1cc(Cl)ccc1Cl)S(=O)(=O)c1ccc(C)cc1. The molecule has 0 aliphatic heterocycles. The molecule has 7 nitrogen and oxygen atoms in total. The summed E-state index contributed by atoms with van der Waals surface area (Å²) >= 11 is 25.4. The van der Waals surface area contributed by atoms with E-state index >= 15 is 0 Å². The Morgan fingerprint density at radius 2 is 1.47 bits per heavy atom. The Labute approximate surface area is 296 Å². The van der Waals surface area contributed by atoms with Crippen molar-refractivity contribution in [2.45, 2.75) is 57.1 Å². The minimum Gasteiger partial charge on any atom is -0.352 e. The van der Waals surface area contributed by atoms with Crippen LogP contribution in [0.3, 0.4) is 0 Å². The fourth-order valence-electron chi connectivity index (χ4n) is 4.86. The van der Waals surface area contributed by atoms with Crippen molar-refractivity contribution in [3.05, 3.63) is 128 Å². The number of hydrogen-bond donors (Lipinski definition) is 1. The van der Waals surface area contributed by atoms with Crippen molar-refractivity contribution in [3.8, 4) is 0 Å². The summed E-state index contributed by atoms with van der Waals surface area (Å²) in [6.45, 7) is 4.91. The van der Waals surface area contributed by atoms with Gasteiger partial charge in [-0.15, -0.1) is 0 Å². The predicted octanol–water partition coefficient (Wildman–Crippen LogP) is 8.36. The van der Waals surface area contributed by atoms with Crippen LogP contribution in [0, 0.1) is 6.92 Å². The molecule has 2 unspecified atom stereocenters. The number of nitrogens with zero attached hydrogens (tertiary/aromatic N) is 2. The highest BCUT2D eigenvalue weighted by atomic mass is 35.5. The van der Waals surface area contributed by atoms with Gasteiger partial charge in [0, 0.05) is 24.0 Å². The van der Waals surface area contributed by atoms with Crippen LogP contribution in [0.4, 0.5) is 5.69 Å². The third-order valence-corrected chi connectivity index (χ3v) is 10.7. The van der Waals surface area contributed by atoms with Crippen LogP contribution < -0.4 is 9.62 Å². The van der Waals surface area contributed by atoms with Gasteiger partial charge in [0.05, 0.1) is 25.7 Å². The number of carbonyl (C=O) groups excluding carboxylic acids is 2. The maximum atomic E-state index is 14.6. The second-order valence-corrected chi connectivity index (χ2v) is 14.7. The molecule has 0 bridgehead atoms. The van der Waals surface area contributed by atoms with Crippen molar-refractivity contribution < 1.29 is 18.0 Å². The molecule has 4 aromatic rings. The summed E-state index contributed by atoms with van der Waals surface area (Å²) in [5, 5.41) is 3.90. The normalized spacial score (nSPS) is 12.7. The van der Waals surface area contributed by atoms with E-state index in [0.29, 0.717) is 17.0 Å². The average Bonchev–Trinajstić information content (AvgIpc) is 3.04. The lowest BCUT2D eigenvalue weighted by Crippen LogP contribution is -2.54. The van der Waals surface area contributed by atoms with E-state index in [1.165, 1.54) is 35.2 Å². The number of sulfonamides is 1. The molecule has 0 radical (unpaired) electrons. The number of aryl methyl sites for hydroxylation is 1. The maximum Gasteiger partial charge on any atom is 0.264 e. The lowest BCUT2D eigenvalue weighted by atomic mass is 10.0. The van der Waals surface area contributed by atoms with Gasteiger partial charge in [0.25, 0.3) is 10.0 Å². The number of halogens is 4. The van der Waals surface area contributed by atoms with Crippen LogP contribution in [-0.4, -0.2) is 43.8 Å². The molecule has 0 saturated heterocycles. The summed E-state index contributed by atoms with van der Waals surface area (Å²) < 4.78 is 29.4. The number of hydrogen-bond acceptors (Lipinski definition) is 4. The molecule has 0 spiro atoms. The van der Waals surface area contributed by atoms with Gasteiger partial charge in [0.2, 0.25) is 11.8 Å². The van der Waals surface area contributed by atoms with Crippen molar-refractivity contribution in [2.24, 2.45) is 0 Å². The summed E-state index contributed by atoms with van der Waals surface area (Å²) in [5.41, 5.74) is 2.28. The topological polar surface area (TPSA) is 86.8 Å². The molecule has 0 aromatic heterocycles. The Kier molecular flexibility index (Phi) is 12.6. The van der Waals surface area contributed by atoms with Gasteiger partial charge in [-0.2, -0.15) is 0 Å². The van der Waals surface area contributed by atoms with Gasteiger partial charge in [-0.1, -0.05) is 107 Å². The molecule has 4 rings (SSSR count). The summed E-state index contributed by atoms with van der Waals surface area (Å²) in [6, 6.07) is 23.7. The molecular formula is C35H35Cl4N3O4S. The quantitative estimate of drug-likeness (QED) is 0.150. The number of anilines is 1. The van der Waals surface area contributed by atoms with Gasteiger partial charge in [0.1, 0.15) is 12.6 Å². The Hall–Kier alpha value is -3.27. The van der Waals surface area contributed by atoms with E-state index in [1.807, 2.05) is 51.1 Å². The molecule has 4 aromatic carbocycles. The number of amides is 2. The molecule has 0 fully saturated rings. The first-order valence-electron chi connectivity index (χ1n) is 14.9. The monoisotopic (exact) mass is 733 g/mol. The van der Waals surface area contributed by atoms with Crippen LogP contribution in [0.25, 0.3) is 0 Å². The Morgan fingerprint density at radius 3 is 2.11 bits per heavy atom. The van der Waals surface area contributed by atoms with Crippen LogP contribution in [0.2, 0.25) is 20.1 Å². The van der Waals surface area contributed by atoms with E-state index in [2.05, 4.69) is 5.32 Å². The first-order valence-corrected chi connectivity index (χ1v) is 17.9. The highest BCUT2D eigenvalue weighted by Gasteiger charge is 2.35. The fraction of sp³-hybridized carbons (Fsp3) is 0.257. The van der Waals surface area contributed by atoms with E-state index in [4.69, 9.17) is 46.4 Å². The lowest BCUT2D eigenvalue weighted by Gasteiger charge is -2.34. The van der Waals surface area contributed by atoms with Gasteiger partial charge >= 0.3 is 0 Å². The van der Waals surface area contributed by atoms with E-state index in [-0.39, 0.29) is 50.6 Å². The van der Waals surface area contributed by atoms with E-state index in [0.717, 1.165) is 15.4 Å². The molecule has 1 N–H and O–H groups in total. The molecule has 2 atom stereocenters. The molecule has 248 valence electrons. The van der Waals surface area contributed by atoms with Crippen molar-refractivity contribution in [1.82, 2.24) is 10.2 Å². The average molecular weight is 736 g/mol. The third-order valence-electron chi connectivity index (χ3n) is 7.67. The second kappa shape index (κ2) is 16.2. The molecule has 0 heterocycles. The zero-order valence-corrected chi connectivity index (χ0v) is 29.9. The van der Waals surface area contributed by atoms with Crippen molar-refractivity contribution in [1.29, 1.82) is 0 Å². The largest absolute Gasteiger partial charge is 0.352 e. The van der Waals surface area contributed by atoms with Gasteiger partial charge in [-0.25, -0.2) is 8.42 Å². The van der Waals surface area contributed by atoms with Crippen molar-refractivity contribution in [2.75, 3.05) is 10.8 Å². The number of nitrogens with one attached hydrogen (secondary N) is 1. The van der Waals surface area contributed by atoms with Crippen LogP contribution in [0.1, 0.15) is 37.0 Å². The molecule has 0 aliphatic carbocycles. The van der Waals surface area contributed by atoms with E-state index in [9.17, 15) is 18.0 Å². The highest BCUT2D eigenvalue weighted by Crippen LogP contribution is 2.34. The molecule has 0 saturated carbocycles. The number of rotatable bonds is 13. The molecule has 0 aliphatic rings. The second-order valence-electron chi connectivity index (χ2n) is 11.2. The molecule has 47 heavy (non-hydrogen) atoms. The Morgan fingerprint density at radius 1 is 0.809 bits per heavy atom. The zero-order valence-electron chi connectivity index (χ0n) is 26.1. The summed E-state index contributed by atoms with van der Waals surface area (Å²) in [7, 11) is -4.35. The smallest absolute Gasteiger partial charge is 0.264 e. The van der Waals surface area contributed by atoms with Crippen LogP contribution in [0.15, 0.2) is 95.9 Å². The van der Waals surface area contributed by atoms with Gasteiger partial charge in [-0.3, -0.25) is 13.9 Å². The first-order chi connectivity index (χ1) is 22.3. The molecular weight excluding hydrogens is 700 g/mol. The summed E-state index contributed by atoms with van der Waals surface area (Å²) in [5.74, 6) is -1.03. The highest BCUT2D eigenvalue weighted by molar-refractivity contribution is 7.92. The number of benzene rings is 4. The predicted molar refractivity (Wildman–Crippen MR) is 191 cm³/mol. The summed E-state index contributed by atoms with van der Waals surface area (Å²) in [6.07, 6.45) is 0.833. The number of carbonyl (C=O) groups is 2. The van der Waals surface area contributed by atoms with Crippen molar-refractivity contribution in [3.63, 3.8) is 0 Å². The van der Waals surface area contributed by atoms with Gasteiger partial charge in [0.15, 0.2) is 0 Å². The minimum atomic E-state index is -4.35.